The van der Waals surface area contributed by atoms with Gasteiger partial charge >= 0.3 is 6.36 Å². The number of hydrogen-bond acceptors (Lipinski definition) is 4. The predicted octanol–water partition coefficient (Wildman–Crippen LogP) is 3.05. The highest BCUT2D eigenvalue weighted by Crippen LogP contribution is 2.33. The Kier molecular flexibility index (Phi) is 5.20. The van der Waals surface area contributed by atoms with Gasteiger partial charge in [-0.15, -0.1) is 13.2 Å². The number of hydrogen-bond donors (Lipinski definition) is 1. The molecule has 0 spiro atoms. The summed E-state index contributed by atoms with van der Waals surface area (Å²) >= 11 is 0. The van der Waals surface area contributed by atoms with Crippen LogP contribution in [0.4, 0.5) is 13.2 Å². The van der Waals surface area contributed by atoms with Gasteiger partial charge in [0.15, 0.2) is 0 Å². The van der Waals surface area contributed by atoms with Crippen LogP contribution in [0.2, 0.25) is 0 Å². The minimum atomic E-state index is -4.99. The van der Waals surface area contributed by atoms with Crippen LogP contribution in [0.1, 0.15) is 11.1 Å². The molecule has 3 rings (SSSR count). The summed E-state index contributed by atoms with van der Waals surface area (Å²) in [6.07, 6.45) is -3.99. The maximum Gasteiger partial charge on any atom is 0.573 e. The molecular weight excluding hydrogens is 383 g/mol. The third-order valence-electron chi connectivity index (χ3n) is 4.53. The van der Waals surface area contributed by atoms with E-state index < -0.39 is 32.6 Å². The van der Waals surface area contributed by atoms with Crippen molar-refractivity contribution in [3.05, 3.63) is 59.7 Å². The van der Waals surface area contributed by atoms with Crippen molar-refractivity contribution in [2.24, 2.45) is 0 Å². The van der Waals surface area contributed by atoms with Crippen LogP contribution in [-0.4, -0.2) is 34.0 Å². The molecule has 1 aliphatic rings. The first kappa shape index (κ1) is 19.7. The summed E-state index contributed by atoms with van der Waals surface area (Å²) in [5.41, 5.74) is 1.31. The number of benzene rings is 2. The summed E-state index contributed by atoms with van der Waals surface area (Å²) in [6, 6.07) is 12.3. The van der Waals surface area contributed by atoms with Crippen molar-refractivity contribution in [1.29, 1.82) is 0 Å². The molecule has 0 heterocycles. The van der Waals surface area contributed by atoms with Crippen molar-refractivity contribution in [3.8, 4) is 5.75 Å². The lowest BCUT2D eigenvalue weighted by atomic mass is 10.0. The monoisotopic (exact) mass is 401 g/mol. The van der Waals surface area contributed by atoms with Crippen molar-refractivity contribution >= 4 is 10.0 Å². The van der Waals surface area contributed by atoms with Crippen LogP contribution in [0.3, 0.4) is 0 Å². The van der Waals surface area contributed by atoms with Gasteiger partial charge in [0.1, 0.15) is 10.6 Å². The maximum atomic E-state index is 12.6. The Hall–Kier alpha value is -2.10. The number of para-hydroxylation sites is 1. The molecular formula is C18H18F3NO4S. The summed E-state index contributed by atoms with van der Waals surface area (Å²) in [5, 5.41) is 0. The second kappa shape index (κ2) is 7.14. The van der Waals surface area contributed by atoms with Gasteiger partial charge < -0.3 is 9.47 Å². The number of sulfonamides is 1. The lowest BCUT2D eigenvalue weighted by Crippen LogP contribution is -2.45. The van der Waals surface area contributed by atoms with Crippen LogP contribution in [0.5, 0.6) is 5.75 Å². The Morgan fingerprint density at radius 2 is 1.59 bits per heavy atom. The molecule has 2 aromatic carbocycles. The standard InChI is InChI=1S/C18H18F3NO4S/c1-25-17(10-13-6-2-3-7-14(13)11-17)12-22-27(23,24)16-9-5-4-8-15(16)26-18(19,20)21/h2-9,22H,10-12H2,1H3. The molecule has 1 aliphatic carbocycles. The van der Waals surface area contributed by atoms with E-state index in [1.54, 1.807) is 0 Å². The molecule has 0 bridgehead atoms. The molecule has 0 saturated heterocycles. The van der Waals surface area contributed by atoms with Crippen LogP contribution in [0.15, 0.2) is 53.4 Å². The summed E-state index contributed by atoms with van der Waals surface area (Å²) in [6.45, 7) is -0.0825. The first-order valence-corrected chi connectivity index (χ1v) is 9.59. The molecule has 1 N–H and O–H groups in total. The summed E-state index contributed by atoms with van der Waals surface area (Å²) in [5.74, 6) is -0.779. The number of rotatable bonds is 6. The van der Waals surface area contributed by atoms with Gasteiger partial charge in [0, 0.05) is 26.5 Å². The number of nitrogens with one attached hydrogen (secondary N) is 1. The number of methoxy groups -OCH3 is 1. The summed E-state index contributed by atoms with van der Waals surface area (Å²) in [7, 11) is -2.75. The summed E-state index contributed by atoms with van der Waals surface area (Å²) in [4.78, 5) is -0.580. The predicted molar refractivity (Wildman–Crippen MR) is 91.9 cm³/mol. The zero-order valence-electron chi connectivity index (χ0n) is 14.4. The van der Waals surface area contributed by atoms with Gasteiger partial charge in [0.25, 0.3) is 0 Å². The number of ether oxygens (including phenoxy) is 2. The molecule has 146 valence electrons. The van der Waals surface area contributed by atoms with Crippen molar-refractivity contribution in [2.75, 3.05) is 13.7 Å². The van der Waals surface area contributed by atoms with Gasteiger partial charge in [-0.05, 0) is 23.3 Å². The van der Waals surface area contributed by atoms with Crippen molar-refractivity contribution < 1.29 is 31.1 Å². The second-order valence-corrected chi connectivity index (χ2v) is 8.06. The van der Waals surface area contributed by atoms with E-state index in [-0.39, 0.29) is 6.54 Å². The van der Waals surface area contributed by atoms with Crippen molar-refractivity contribution in [2.45, 2.75) is 29.7 Å². The average Bonchev–Trinajstić information content (AvgIpc) is 2.98. The van der Waals surface area contributed by atoms with E-state index in [2.05, 4.69) is 9.46 Å². The Morgan fingerprint density at radius 1 is 1.04 bits per heavy atom. The van der Waals surface area contributed by atoms with E-state index in [9.17, 15) is 21.6 Å². The van der Waals surface area contributed by atoms with Crippen LogP contribution >= 0.6 is 0 Å². The lowest BCUT2D eigenvalue weighted by Gasteiger charge is -2.28. The number of halogens is 3. The van der Waals surface area contributed by atoms with Gasteiger partial charge in [0.2, 0.25) is 10.0 Å². The fourth-order valence-corrected chi connectivity index (χ4v) is 4.43. The minimum absolute atomic E-state index is 0.0825. The smallest absolute Gasteiger partial charge is 0.404 e. The van der Waals surface area contributed by atoms with Gasteiger partial charge in [-0.2, -0.15) is 0 Å². The first-order valence-electron chi connectivity index (χ1n) is 8.11. The highest BCUT2D eigenvalue weighted by Gasteiger charge is 2.39. The molecule has 0 radical (unpaired) electrons. The van der Waals surface area contributed by atoms with E-state index in [1.807, 2.05) is 24.3 Å². The van der Waals surface area contributed by atoms with E-state index in [0.29, 0.717) is 12.8 Å². The van der Waals surface area contributed by atoms with Crippen LogP contribution in [-0.2, 0) is 27.6 Å². The van der Waals surface area contributed by atoms with Crippen LogP contribution in [0, 0.1) is 0 Å². The zero-order chi connectivity index (χ0) is 19.7. The molecule has 0 aromatic heterocycles. The van der Waals surface area contributed by atoms with Crippen LogP contribution < -0.4 is 9.46 Å². The molecule has 0 unspecified atom stereocenters. The molecule has 5 nitrogen and oxygen atoms in total. The maximum absolute atomic E-state index is 12.6. The average molecular weight is 401 g/mol. The highest BCUT2D eigenvalue weighted by atomic mass is 32.2. The Morgan fingerprint density at radius 3 is 2.15 bits per heavy atom. The van der Waals surface area contributed by atoms with Crippen molar-refractivity contribution in [1.82, 2.24) is 4.72 Å². The lowest BCUT2D eigenvalue weighted by molar-refractivity contribution is -0.275. The molecule has 9 heteroatoms. The number of alkyl halides is 3. The zero-order valence-corrected chi connectivity index (χ0v) is 15.2. The third kappa shape index (κ3) is 4.42. The van der Waals surface area contributed by atoms with E-state index in [1.165, 1.54) is 19.2 Å². The molecule has 27 heavy (non-hydrogen) atoms. The topological polar surface area (TPSA) is 64.6 Å². The molecule has 2 aromatic rings. The van der Waals surface area contributed by atoms with E-state index >= 15 is 0 Å². The number of fused-ring (bicyclic) bond motifs is 1. The van der Waals surface area contributed by atoms with E-state index in [0.717, 1.165) is 23.3 Å². The quantitative estimate of drug-likeness (QED) is 0.808. The Labute approximate surface area is 155 Å². The second-order valence-electron chi connectivity index (χ2n) is 6.33. The largest absolute Gasteiger partial charge is 0.573 e. The molecule has 0 aliphatic heterocycles. The van der Waals surface area contributed by atoms with E-state index in [4.69, 9.17) is 4.74 Å². The minimum Gasteiger partial charge on any atom is -0.404 e. The molecule has 0 saturated carbocycles. The third-order valence-corrected chi connectivity index (χ3v) is 5.97. The van der Waals surface area contributed by atoms with Gasteiger partial charge in [-0.25, -0.2) is 13.1 Å². The Bertz CT molecular complexity index is 903. The molecule has 0 amide bonds. The van der Waals surface area contributed by atoms with Crippen LogP contribution in [0.25, 0.3) is 0 Å². The van der Waals surface area contributed by atoms with Gasteiger partial charge in [-0.1, -0.05) is 36.4 Å². The summed E-state index contributed by atoms with van der Waals surface area (Å²) < 4.78 is 74.7. The highest BCUT2D eigenvalue weighted by molar-refractivity contribution is 7.89. The van der Waals surface area contributed by atoms with Gasteiger partial charge in [-0.3, -0.25) is 0 Å². The van der Waals surface area contributed by atoms with Gasteiger partial charge in [0.05, 0.1) is 5.60 Å². The Balaban J connectivity index is 1.80. The van der Waals surface area contributed by atoms with Crippen molar-refractivity contribution in [3.63, 3.8) is 0 Å². The first-order chi connectivity index (χ1) is 12.6. The fraction of sp³-hybridized carbons (Fsp3) is 0.333. The SMILES string of the molecule is COC1(CNS(=O)(=O)c2ccccc2OC(F)(F)F)Cc2ccccc2C1. The molecule has 0 atom stereocenters. The molecule has 0 fully saturated rings. The normalized spacial score (nSPS) is 16.1. The fourth-order valence-electron chi connectivity index (χ4n) is 3.19.